The molecular weight excluding hydrogens is 349 g/mol. The molecule has 23 heavy (non-hydrogen) atoms. The minimum absolute atomic E-state index is 0.155. The fourth-order valence-corrected chi connectivity index (χ4v) is 2.16. The van der Waals surface area contributed by atoms with Crippen LogP contribution in [-0.4, -0.2) is 33.0 Å². The summed E-state index contributed by atoms with van der Waals surface area (Å²) in [4.78, 5) is 11.9. The van der Waals surface area contributed by atoms with Gasteiger partial charge >= 0.3 is 6.09 Å². The molecule has 0 saturated carbocycles. The molecule has 0 aliphatic rings. The van der Waals surface area contributed by atoms with Gasteiger partial charge in [0, 0.05) is 0 Å². The fourth-order valence-electron chi connectivity index (χ4n) is 1.59. The number of amides is 1. The molecule has 0 aliphatic carbocycles. The Morgan fingerprint density at radius 2 is 2.00 bits per heavy atom. The molecule has 0 spiro atoms. The van der Waals surface area contributed by atoms with Crippen LogP contribution in [0.15, 0.2) is 18.2 Å². The van der Waals surface area contributed by atoms with Crippen molar-refractivity contribution in [3.8, 4) is 0 Å². The lowest BCUT2D eigenvalue weighted by Gasteiger charge is -2.23. The third-order valence-corrected chi connectivity index (χ3v) is 3.34. The number of halogens is 2. The van der Waals surface area contributed by atoms with Crippen LogP contribution in [0.1, 0.15) is 32.4 Å². The summed E-state index contributed by atoms with van der Waals surface area (Å²) < 4.78 is 45.4. The maximum Gasteiger partial charge on any atom is 0.408 e. The summed E-state index contributed by atoms with van der Waals surface area (Å²) in [6.07, 6.45) is 0.120. The van der Waals surface area contributed by atoms with Crippen molar-refractivity contribution in [3.05, 3.63) is 34.6 Å². The topological polar surface area (TPSA) is 81.7 Å². The molecule has 6 nitrogen and oxygen atoms in total. The van der Waals surface area contributed by atoms with Crippen molar-refractivity contribution in [2.45, 2.75) is 32.4 Å². The molecule has 0 bridgehead atoms. The second kappa shape index (κ2) is 7.46. The van der Waals surface area contributed by atoms with Crippen molar-refractivity contribution in [3.63, 3.8) is 0 Å². The normalized spacial score (nSPS) is 13.5. The van der Waals surface area contributed by atoms with E-state index in [1.54, 1.807) is 20.8 Å². The molecule has 130 valence electrons. The van der Waals surface area contributed by atoms with E-state index in [1.807, 2.05) is 0 Å². The Balaban J connectivity index is 2.96. The molecule has 1 amide bonds. The van der Waals surface area contributed by atoms with E-state index in [1.165, 1.54) is 12.1 Å². The predicted molar refractivity (Wildman–Crippen MR) is 84.3 cm³/mol. The highest BCUT2D eigenvalue weighted by molar-refractivity contribution is 7.85. The van der Waals surface area contributed by atoms with Gasteiger partial charge in [0.1, 0.15) is 11.4 Å². The van der Waals surface area contributed by atoms with Gasteiger partial charge in [-0.1, -0.05) is 17.7 Å². The Kier molecular flexibility index (Phi) is 6.38. The zero-order valence-corrected chi connectivity index (χ0v) is 14.8. The zero-order valence-electron chi connectivity index (χ0n) is 13.2. The summed E-state index contributed by atoms with van der Waals surface area (Å²) in [5, 5.41) is 2.32. The largest absolute Gasteiger partial charge is 0.444 e. The van der Waals surface area contributed by atoms with Gasteiger partial charge in [-0.05, 0) is 38.5 Å². The van der Waals surface area contributed by atoms with Gasteiger partial charge in [-0.3, -0.25) is 4.18 Å². The number of hydrogen-bond donors (Lipinski definition) is 1. The SMILES string of the molecule is CC(C)(C)OC(=O)N[C@@H](COS(C)(=O)=O)c1ccc(F)c(Cl)c1. The molecule has 0 aromatic heterocycles. The zero-order chi connectivity index (χ0) is 17.8. The molecule has 1 rings (SSSR count). The lowest BCUT2D eigenvalue weighted by Crippen LogP contribution is -2.37. The number of ether oxygens (including phenoxy) is 1. The maximum atomic E-state index is 13.3. The summed E-state index contributed by atoms with van der Waals surface area (Å²) in [5.74, 6) is -0.629. The van der Waals surface area contributed by atoms with E-state index in [2.05, 4.69) is 5.32 Å². The molecule has 9 heteroatoms. The lowest BCUT2D eigenvalue weighted by molar-refractivity contribution is 0.0487. The monoisotopic (exact) mass is 367 g/mol. The van der Waals surface area contributed by atoms with Crippen LogP contribution in [-0.2, 0) is 19.0 Å². The minimum Gasteiger partial charge on any atom is -0.444 e. The van der Waals surface area contributed by atoms with Crippen molar-refractivity contribution in [2.75, 3.05) is 12.9 Å². The lowest BCUT2D eigenvalue weighted by atomic mass is 10.1. The van der Waals surface area contributed by atoms with E-state index < -0.39 is 33.7 Å². The van der Waals surface area contributed by atoms with Gasteiger partial charge in [-0.15, -0.1) is 0 Å². The summed E-state index contributed by atoms with van der Waals surface area (Å²) in [6.45, 7) is 4.68. The van der Waals surface area contributed by atoms with Crippen molar-refractivity contribution in [2.24, 2.45) is 0 Å². The third-order valence-electron chi connectivity index (χ3n) is 2.49. The van der Waals surface area contributed by atoms with Gasteiger partial charge in [-0.2, -0.15) is 8.42 Å². The standard InChI is InChI=1S/C14H19ClFNO5S/c1-14(2,3)22-13(18)17-12(8-21-23(4,19)20)9-5-6-11(16)10(15)7-9/h5-7,12H,8H2,1-4H3,(H,17,18)/t12-/m0/s1. The van der Waals surface area contributed by atoms with Gasteiger partial charge < -0.3 is 10.1 Å². The highest BCUT2D eigenvalue weighted by Gasteiger charge is 2.22. The fraction of sp³-hybridized carbons (Fsp3) is 0.500. The van der Waals surface area contributed by atoms with Crippen LogP contribution < -0.4 is 5.32 Å². The average molecular weight is 368 g/mol. The molecule has 0 radical (unpaired) electrons. The van der Waals surface area contributed by atoms with E-state index in [4.69, 9.17) is 20.5 Å². The Morgan fingerprint density at radius 3 is 2.48 bits per heavy atom. The van der Waals surface area contributed by atoms with Crippen LogP contribution in [0, 0.1) is 5.82 Å². The van der Waals surface area contributed by atoms with Crippen LogP contribution in [0.2, 0.25) is 5.02 Å². The van der Waals surface area contributed by atoms with E-state index in [0.29, 0.717) is 5.56 Å². The summed E-state index contributed by atoms with van der Waals surface area (Å²) >= 11 is 5.71. The molecule has 1 aromatic carbocycles. The number of hydrogen-bond acceptors (Lipinski definition) is 5. The van der Waals surface area contributed by atoms with Crippen LogP contribution in [0.5, 0.6) is 0 Å². The van der Waals surface area contributed by atoms with Crippen LogP contribution in [0.4, 0.5) is 9.18 Å². The first-order chi connectivity index (χ1) is 10.4. The molecule has 1 aromatic rings. The number of carbonyl (C=O) groups excluding carboxylic acids is 1. The number of nitrogens with one attached hydrogen (secondary N) is 1. The first kappa shape index (κ1) is 19.7. The summed E-state index contributed by atoms with van der Waals surface area (Å²) in [5.41, 5.74) is -0.349. The number of alkyl carbamates (subject to hydrolysis) is 1. The van der Waals surface area contributed by atoms with Crippen LogP contribution in [0.3, 0.4) is 0 Å². The molecule has 1 N–H and O–H groups in total. The van der Waals surface area contributed by atoms with Crippen molar-refractivity contribution >= 4 is 27.8 Å². The van der Waals surface area contributed by atoms with E-state index in [0.717, 1.165) is 12.3 Å². The number of benzene rings is 1. The van der Waals surface area contributed by atoms with E-state index in [-0.39, 0.29) is 11.6 Å². The van der Waals surface area contributed by atoms with Crippen molar-refractivity contribution < 1.29 is 26.5 Å². The third kappa shape index (κ3) is 7.62. The first-order valence-electron chi connectivity index (χ1n) is 6.66. The Bertz CT molecular complexity index is 672. The molecule has 0 fully saturated rings. The smallest absolute Gasteiger partial charge is 0.408 e. The highest BCUT2D eigenvalue weighted by Crippen LogP contribution is 2.22. The maximum absolute atomic E-state index is 13.3. The van der Waals surface area contributed by atoms with Crippen molar-refractivity contribution in [1.82, 2.24) is 5.32 Å². The second-order valence-electron chi connectivity index (χ2n) is 5.86. The molecule has 0 aliphatic heterocycles. The van der Waals surface area contributed by atoms with Crippen molar-refractivity contribution in [1.29, 1.82) is 0 Å². The minimum atomic E-state index is -3.72. The molecule has 0 saturated heterocycles. The highest BCUT2D eigenvalue weighted by atomic mass is 35.5. The quantitative estimate of drug-likeness (QED) is 0.809. The van der Waals surface area contributed by atoms with Gasteiger partial charge in [0.15, 0.2) is 0 Å². The first-order valence-corrected chi connectivity index (χ1v) is 8.86. The second-order valence-corrected chi connectivity index (χ2v) is 7.91. The van der Waals surface area contributed by atoms with Gasteiger partial charge in [0.2, 0.25) is 0 Å². The van der Waals surface area contributed by atoms with E-state index in [9.17, 15) is 17.6 Å². The average Bonchev–Trinajstić information content (AvgIpc) is 2.34. The molecule has 1 atom stereocenters. The number of rotatable bonds is 5. The van der Waals surface area contributed by atoms with E-state index >= 15 is 0 Å². The van der Waals surface area contributed by atoms with Gasteiger partial charge in [-0.25, -0.2) is 9.18 Å². The summed E-state index contributed by atoms with van der Waals surface area (Å²) in [7, 11) is -3.72. The predicted octanol–water partition coefficient (Wildman–Crippen LogP) is 3.02. The Labute approximate surface area is 140 Å². The summed E-state index contributed by atoms with van der Waals surface area (Å²) in [6, 6.07) is 2.89. The molecular formula is C14H19ClFNO5S. The van der Waals surface area contributed by atoms with Crippen LogP contribution in [0.25, 0.3) is 0 Å². The number of carbonyl (C=O) groups is 1. The molecule has 0 unspecified atom stereocenters. The van der Waals surface area contributed by atoms with Gasteiger partial charge in [0.05, 0.1) is 23.9 Å². The molecule has 0 heterocycles. The van der Waals surface area contributed by atoms with Gasteiger partial charge in [0.25, 0.3) is 10.1 Å². The Morgan fingerprint density at radius 1 is 1.39 bits per heavy atom. The van der Waals surface area contributed by atoms with Crippen LogP contribution >= 0.6 is 11.6 Å². The Hall–Kier alpha value is -1.38.